The zero-order valence-electron chi connectivity index (χ0n) is 11.2. The van der Waals surface area contributed by atoms with Gasteiger partial charge in [-0.2, -0.15) is 0 Å². The second-order valence-corrected chi connectivity index (χ2v) is 5.20. The number of nitrogen functional groups attached to an aromatic ring is 1. The first-order valence-corrected chi connectivity index (χ1v) is 7.00. The molecule has 3 aromatic rings. The van der Waals surface area contributed by atoms with Crippen LogP contribution < -0.4 is 10.5 Å². The molecule has 1 heterocycles. The minimum absolute atomic E-state index is 0.387. The van der Waals surface area contributed by atoms with Crippen LogP contribution in [0.5, 0.6) is 5.75 Å². The van der Waals surface area contributed by atoms with Gasteiger partial charge < -0.3 is 14.9 Å². The highest BCUT2D eigenvalue weighted by Crippen LogP contribution is 2.33. The van der Waals surface area contributed by atoms with Gasteiger partial charge in [-0.3, -0.25) is 0 Å². The van der Waals surface area contributed by atoms with Crippen LogP contribution in [0.4, 0.5) is 5.69 Å². The predicted molar refractivity (Wildman–Crippen MR) is 83.8 cm³/mol. The van der Waals surface area contributed by atoms with Gasteiger partial charge in [0.1, 0.15) is 5.75 Å². The number of aromatic nitrogens is 2. The number of ether oxygens (including phenoxy) is 1. The van der Waals surface area contributed by atoms with Crippen molar-refractivity contribution in [2.75, 3.05) is 12.8 Å². The number of anilines is 1. The third-order valence-electron chi connectivity index (χ3n) is 3.02. The first kappa shape index (κ1) is 13.6. The molecule has 5 nitrogen and oxygen atoms in total. The van der Waals surface area contributed by atoms with Crippen molar-refractivity contribution in [3.63, 3.8) is 0 Å². The lowest BCUT2D eigenvalue weighted by Gasteiger charge is -2.03. The van der Waals surface area contributed by atoms with E-state index in [-0.39, 0.29) is 0 Å². The molecule has 0 fully saturated rings. The van der Waals surface area contributed by atoms with E-state index in [1.54, 1.807) is 13.2 Å². The molecule has 3 rings (SSSR count). The summed E-state index contributed by atoms with van der Waals surface area (Å²) in [7, 11) is 1.61. The van der Waals surface area contributed by atoms with Crippen molar-refractivity contribution >= 4 is 21.6 Å². The van der Waals surface area contributed by atoms with Gasteiger partial charge in [0.25, 0.3) is 0 Å². The number of rotatable bonds is 3. The van der Waals surface area contributed by atoms with Crippen molar-refractivity contribution < 1.29 is 9.15 Å². The molecule has 0 aliphatic carbocycles. The molecule has 2 aromatic carbocycles. The second kappa shape index (κ2) is 5.57. The summed E-state index contributed by atoms with van der Waals surface area (Å²) >= 11 is 3.47. The van der Waals surface area contributed by atoms with Crippen LogP contribution >= 0.6 is 15.9 Å². The molecular formula is C15H12BrN3O2. The number of hydrogen-bond donors (Lipinski definition) is 1. The lowest BCUT2D eigenvalue weighted by Crippen LogP contribution is -1.88. The molecule has 0 radical (unpaired) electrons. The van der Waals surface area contributed by atoms with E-state index in [0.29, 0.717) is 23.2 Å². The fourth-order valence-electron chi connectivity index (χ4n) is 1.93. The van der Waals surface area contributed by atoms with Gasteiger partial charge >= 0.3 is 0 Å². The first-order valence-electron chi connectivity index (χ1n) is 6.21. The van der Waals surface area contributed by atoms with Gasteiger partial charge in [-0.1, -0.05) is 12.1 Å². The van der Waals surface area contributed by atoms with E-state index in [9.17, 15) is 0 Å². The van der Waals surface area contributed by atoms with Crippen LogP contribution in [0.1, 0.15) is 0 Å². The Balaban J connectivity index is 2.05. The minimum atomic E-state index is 0.387. The van der Waals surface area contributed by atoms with E-state index in [2.05, 4.69) is 26.1 Å². The molecule has 21 heavy (non-hydrogen) atoms. The average molecular weight is 346 g/mol. The van der Waals surface area contributed by atoms with Crippen molar-refractivity contribution in [1.82, 2.24) is 10.2 Å². The smallest absolute Gasteiger partial charge is 0.250 e. The Morgan fingerprint density at radius 1 is 1.05 bits per heavy atom. The van der Waals surface area contributed by atoms with Gasteiger partial charge in [0.05, 0.1) is 18.2 Å². The van der Waals surface area contributed by atoms with Gasteiger partial charge in [-0.15, -0.1) is 10.2 Å². The Kier molecular flexibility index (Phi) is 3.62. The number of methoxy groups -OCH3 is 1. The molecule has 0 atom stereocenters. The molecule has 106 valence electrons. The number of halogens is 1. The first-order chi connectivity index (χ1) is 10.2. The van der Waals surface area contributed by atoms with Gasteiger partial charge in [0.2, 0.25) is 11.8 Å². The largest absolute Gasteiger partial charge is 0.497 e. The molecule has 0 saturated heterocycles. The van der Waals surface area contributed by atoms with Crippen molar-refractivity contribution in [3.05, 3.63) is 46.9 Å². The van der Waals surface area contributed by atoms with E-state index in [0.717, 1.165) is 15.6 Å². The standard InChI is InChI=1S/C15H12BrN3O2/c1-20-9-6-7-12(16)11(8-9)15-19-18-14(21-15)10-4-2-3-5-13(10)17/h2-8H,17H2,1H3. The molecule has 0 spiro atoms. The molecule has 0 amide bonds. The normalized spacial score (nSPS) is 10.6. The summed E-state index contributed by atoms with van der Waals surface area (Å²) in [5, 5.41) is 8.14. The quantitative estimate of drug-likeness (QED) is 0.731. The fraction of sp³-hybridized carbons (Fsp3) is 0.0667. The highest BCUT2D eigenvalue weighted by atomic mass is 79.9. The monoisotopic (exact) mass is 345 g/mol. The van der Waals surface area contributed by atoms with Gasteiger partial charge in [-0.05, 0) is 46.3 Å². The van der Waals surface area contributed by atoms with E-state index in [4.69, 9.17) is 14.9 Å². The summed E-state index contributed by atoms with van der Waals surface area (Å²) in [5.41, 5.74) is 8.00. The highest BCUT2D eigenvalue weighted by molar-refractivity contribution is 9.10. The third kappa shape index (κ3) is 2.62. The van der Waals surface area contributed by atoms with Crippen molar-refractivity contribution in [1.29, 1.82) is 0 Å². The summed E-state index contributed by atoms with van der Waals surface area (Å²) < 4.78 is 11.8. The van der Waals surface area contributed by atoms with Gasteiger partial charge in [0, 0.05) is 10.2 Å². The van der Waals surface area contributed by atoms with Crippen LogP contribution in [0, 0.1) is 0 Å². The molecule has 0 unspecified atom stereocenters. The van der Waals surface area contributed by atoms with Crippen molar-refractivity contribution in [2.24, 2.45) is 0 Å². The zero-order chi connectivity index (χ0) is 14.8. The summed E-state index contributed by atoms with van der Waals surface area (Å²) in [6.45, 7) is 0. The van der Waals surface area contributed by atoms with Crippen LogP contribution in [0.25, 0.3) is 22.9 Å². The average Bonchev–Trinajstić information content (AvgIpc) is 2.97. The molecule has 0 saturated carbocycles. The Morgan fingerprint density at radius 3 is 2.48 bits per heavy atom. The topological polar surface area (TPSA) is 74.2 Å². The van der Waals surface area contributed by atoms with Gasteiger partial charge in [-0.25, -0.2) is 0 Å². The summed E-state index contributed by atoms with van der Waals surface area (Å²) in [6, 6.07) is 12.9. The Labute approximate surface area is 129 Å². The number of benzene rings is 2. The van der Waals surface area contributed by atoms with Crippen LogP contribution in [0.15, 0.2) is 51.4 Å². The summed E-state index contributed by atoms with van der Waals surface area (Å²) in [5.74, 6) is 1.50. The predicted octanol–water partition coefficient (Wildman–Crippen LogP) is 3.76. The Bertz CT molecular complexity index is 786. The summed E-state index contributed by atoms with van der Waals surface area (Å²) in [6.07, 6.45) is 0. The molecule has 0 bridgehead atoms. The zero-order valence-corrected chi connectivity index (χ0v) is 12.8. The van der Waals surface area contributed by atoms with E-state index < -0.39 is 0 Å². The molecule has 0 aliphatic rings. The highest BCUT2D eigenvalue weighted by Gasteiger charge is 2.15. The number of nitrogens with two attached hydrogens (primary N) is 1. The molecule has 6 heteroatoms. The molecule has 0 aliphatic heterocycles. The van der Waals surface area contributed by atoms with Crippen molar-refractivity contribution in [3.8, 4) is 28.7 Å². The van der Waals surface area contributed by atoms with Crippen LogP contribution in [-0.4, -0.2) is 17.3 Å². The van der Waals surface area contributed by atoms with E-state index in [1.807, 2.05) is 36.4 Å². The maximum absolute atomic E-state index is 5.92. The van der Waals surface area contributed by atoms with Crippen LogP contribution in [-0.2, 0) is 0 Å². The third-order valence-corrected chi connectivity index (χ3v) is 3.71. The molecule has 1 aromatic heterocycles. The Morgan fingerprint density at radius 2 is 1.76 bits per heavy atom. The lowest BCUT2D eigenvalue weighted by atomic mass is 10.2. The van der Waals surface area contributed by atoms with Gasteiger partial charge in [0.15, 0.2) is 0 Å². The number of nitrogens with zero attached hydrogens (tertiary/aromatic N) is 2. The second-order valence-electron chi connectivity index (χ2n) is 4.35. The number of hydrogen-bond acceptors (Lipinski definition) is 5. The lowest BCUT2D eigenvalue weighted by molar-refractivity contribution is 0.414. The maximum atomic E-state index is 5.92. The maximum Gasteiger partial charge on any atom is 0.250 e. The molecular weight excluding hydrogens is 334 g/mol. The van der Waals surface area contributed by atoms with Crippen LogP contribution in [0.2, 0.25) is 0 Å². The summed E-state index contributed by atoms with van der Waals surface area (Å²) in [4.78, 5) is 0. The fourth-order valence-corrected chi connectivity index (χ4v) is 2.34. The van der Waals surface area contributed by atoms with E-state index in [1.165, 1.54) is 0 Å². The number of para-hydroxylation sites is 1. The molecule has 2 N–H and O–H groups in total. The van der Waals surface area contributed by atoms with Crippen LogP contribution in [0.3, 0.4) is 0 Å². The minimum Gasteiger partial charge on any atom is -0.497 e. The van der Waals surface area contributed by atoms with Crippen molar-refractivity contribution in [2.45, 2.75) is 0 Å². The SMILES string of the molecule is COc1ccc(Br)c(-c2nnc(-c3ccccc3N)o2)c1. The Hall–Kier alpha value is -2.34. The van der Waals surface area contributed by atoms with E-state index >= 15 is 0 Å².